The number of sulfonamides is 1. The molecule has 2 rings (SSSR count). The Kier molecular flexibility index (Phi) is 2.40. The van der Waals surface area contributed by atoms with Crippen LogP contribution >= 0.6 is 0 Å². The molecule has 0 amide bonds. The third kappa shape index (κ3) is 1.56. The molecule has 6 heteroatoms. The number of nitrogens with two attached hydrogens (primary N) is 1. The second-order valence-electron chi connectivity index (χ2n) is 3.48. The van der Waals surface area contributed by atoms with Crippen LogP contribution in [0.15, 0.2) is 29.3 Å². The van der Waals surface area contributed by atoms with Crippen LogP contribution in [-0.2, 0) is 17.1 Å². The van der Waals surface area contributed by atoms with E-state index in [9.17, 15) is 8.42 Å². The van der Waals surface area contributed by atoms with E-state index in [1.807, 2.05) is 6.07 Å². The topological polar surface area (TPSA) is 74.3 Å². The standard InChI is InChI=1S/C10H12N2O3S/c1-12-9(16(11,13)14)6-7-4-3-5-8(15-2)10(7)12/h3-6H,1-2H3,(H2,11,13,14). The molecule has 0 aliphatic carbocycles. The molecule has 86 valence electrons. The summed E-state index contributed by atoms with van der Waals surface area (Å²) in [5.41, 5.74) is 0.717. The number of para-hydroxylation sites is 1. The fourth-order valence-corrected chi connectivity index (χ4v) is 2.56. The monoisotopic (exact) mass is 240 g/mol. The van der Waals surface area contributed by atoms with Gasteiger partial charge in [0.2, 0.25) is 0 Å². The molecule has 1 heterocycles. The van der Waals surface area contributed by atoms with E-state index in [0.717, 1.165) is 5.39 Å². The maximum atomic E-state index is 11.3. The number of fused-ring (bicyclic) bond motifs is 1. The summed E-state index contributed by atoms with van der Waals surface area (Å²) in [6, 6.07) is 6.92. The van der Waals surface area contributed by atoms with Gasteiger partial charge in [0, 0.05) is 12.4 Å². The van der Waals surface area contributed by atoms with Gasteiger partial charge in [0.1, 0.15) is 5.75 Å². The van der Waals surface area contributed by atoms with Crippen LogP contribution in [0.5, 0.6) is 5.75 Å². The Bertz CT molecular complexity index is 643. The predicted molar refractivity (Wildman–Crippen MR) is 60.8 cm³/mol. The molecule has 0 spiro atoms. The van der Waals surface area contributed by atoms with Gasteiger partial charge in [-0.2, -0.15) is 0 Å². The maximum absolute atomic E-state index is 11.3. The number of ether oxygens (including phenoxy) is 1. The van der Waals surface area contributed by atoms with E-state index < -0.39 is 10.0 Å². The Morgan fingerprint density at radius 1 is 1.38 bits per heavy atom. The second kappa shape index (κ2) is 3.50. The number of aromatic nitrogens is 1. The van der Waals surface area contributed by atoms with E-state index in [4.69, 9.17) is 9.88 Å². The molecule has 2 aromatic rings. The van der Waals surface area contributed by atoms with Gasteiger partial charge in [-0.3, -0.25) is 0 Å². The zero-order chi connectivity index (χ0) is 11.9. The van der Waals surface area contributed by atoms with Gasteiger partial charge in [0.25, 0.3) is 10.0 Å². The highest BCUT2D eigenvalue weighted by Gasteiger charge is 2.17. The molecule has 0 radical (unpaired) electrons. The van der Waals surface area contributed by atoms with Crippen LogP contribution in [0.1, 0.15) is 0 Å². The van der Waals surface area contributed by atoms with Crippen molar-refractivity contribution in [3.8, 4) is 5.75 Å². The fraction of sp³-hybridized carbons (Fsp3) is 0.200. The lowest BCUT2D eigenvalue weighted by atomic mass is 10.2. The van der Waals surface area contributed by atoms with Gasteiger partial charge < -0.3 is 9.30 Å². The van der Waals surface area contributed by atoms with E-state index in [2.05, 4.69) is 0 Å². The van der Waals surface area contributed by atoms with Crippen LogP contribution in [0, 0.1) is 0 Å². The lowest BCUT2D eigenvalue weighted by molar-refractivity contribution is 0.417. The van der Waals surface area contributed by atoms with E-state index in [0.29, 0.717) is 11.3 Å². The van der Waals surface area contributed by atoms with Crippen LogP contribution < -0.4 is 9.88 Å². The molecule has 2 N–H and O–H groups in total. The summed E-state index contributed by atoms with van der Waals surface area (Å²) in [7, 11) is -0.529. The number of rotatable bonds is 2. The Morgan fingerprint density at radius 2 is 2.06 bits per heavy atom. The molecule has 0 aliphatic heterocycles. The van der Waals surface area contributed by atoms with Crippen molar-refractivity contribution in [1.82, 2.24) is 4.57 Å². The van der Waals surface area contributed by atoms with Crippen molar-refractivity contribution in [2.75, 3.05) is 7.11 Å². The molecule has 5 nitrogen and oxygen atoms in total. The van der Waals surface area contributed by atoms with Crippen LogP contribution in [0.25, 0.3) is 10.9 Å². The molecular formula is C10H12N2O3S. The zero-order valence-electron chi connectivity index (χ0n) is 8.97. The van der Waals surface area contributed by atoms with Gasteiger partial charge >= 0.3 is 0 Å². The predicted octanol–water partition coefficient (Wildman–Crippen LogP) is 0.834. The average molecular weight is 240 g/mol. The summed E-state index contributed by atoms with van der Waals surface area (Å²) >= 11 is 0. The first-order chi connectivity index (χ1) is 7.45. The highest BCUT2D eigenvalue weighted by atomic mass is 32.2. The van der Waals surface area contributed by atoms with E-state index in [1.54, 1.807) is 26.3 Å². The van der Waals surface area contributed by atoms with Crippen molar-refractivity contribution in [2.45, 2.75) is 5.03 Å². The number of benzene rings is 1. The first kappa shape index (κ1) is 11.0. The minimum Gasteiger partial charge on any atom is -0.495 e. The molecule has 0 unspecified atom stereocenters. The molecule has 0 saturated heterocycles. The number of methoxy groups -OCH3 is 1. The molecule has 1 aromatic carbocycles. The minimum atomic E-state index is -3.71. The fourth-order valence-electron chi connectivity index (χ4n) is 1.79. The quantitative estimate of drug-likeness (QED) is 0.845. The summed E-state index contributed by atoms with van der Waals surface area (Å²) in [5.74, 6) is 0.620. The van der Waals surface area contributed by atoms with Crippen molar-refractivity contribution in [3.05, 3.63) is 24.3 Å². The average Bonchev–Trinajstić information content (AvgIpc) is 2.56. The molecule has 0 bridgehead atoms. The molecule has 16 heavy (non-hydrogen) atoms. The van der Waals surface area contributed by atoms with E-state index in [1.165, 1.54) is 10.6 Å². The van der Waals surface area contributed by atoms with Crippen LogP contribution in [-0.4, -0.2) is 20.1 Å². The van der Waals surface area contributed by atoms with Crippen LogP contribution in [0.3, 0.4) is 0 Å². The summed E-state index contributed by atoms with van der Waals surface area (Å²) in [6.45, 7) is 0. The Balaban J connectivity index is 2.89. The van der Waals surface area contributed by atoms with E-state index in [-0.39, 0.29) is 5.03 Å². The molecule has 0 saturated carbocycles. The van der Waals surface area contributed by atoms with Crippen molar-refractivity contribution in [3.63, 3.8) is 0 Å². The van der Waals surface area contributed by atoms with Crippen molar-refractivity contribution < 1.29 is 13.2 Å². The van der Waals surface area contributed by atoms with Gasteiger partial charge in [-0.25, -0.2) is 13.6 Å². The van der Waals surface area contributed by atoms with Crippen molar-refractivity contribution in [1.29, 1.82) is 0 Å². The second-order valence-corrected chi connectivity index (χ2v) is 4.99. The van der Waals surface area contributed by atoms with Gasteiger partial charge in [-0.05, 0) is 12.1 Å². The number of primary sulfonamides is 1. The van der Waals surface area contributed by atoms with Crippen LogP contribution in [0.4, 0.5) is 0 Å². The number of nitrogens with zero attached hydrogens (tertiary/aromatic N) is 1. The van der Waals surface area contributed by atoms with Crippen LogP contribution in [0.2, 0.25) is 0 Å². The van der Waals surface area contributed by atoms with Gasteiger partial charge in [0.15, 0.2) is 5.03 Å². The summed E-state index contributed by atoms with van der Waals surface area (Å²) < 4.78 is 29.4. The third-order valence-electron chi connectivity index (χ3n) is 2.49. The molecule has 0 fully saturated rings. The Labute approximate surface area is 93.5 Å². The Morgan fingerprint density at radius 3 is 2.62 bits per heavy atom. The summed E-state index contributed by atoms with van der Waals surface area (Å²) in [6.07, 6.45) is 0. The SMILES string of the molecule is COc1cccc2cc(S(N)(=O)=O)n(C)c12. The largest absolute Gasteiger partial charge is 0.495 e. The summed E-state index contributed by atoms with van der Waals surface area (Å²) in [4.78, 5) is 0. The minimum absolute atomic E-state index is 0.0759. The van der Waals surface area contributed by atoms with Gasteiger partial charge in [-0.1, -0.05) is 12.1 Å². The molecule has 0 aliphatic rings. The molecule has 0 atom stereocenters. The first-order valence-corrected chi connectivity index (χ1v) is 6.15. The Hall–Kier alpha value is -1.53. The number of hydrogen-bond acceptors (Lipinski definition) is 3. The first-order valence-electron chi connectivity index (χ1n) is 4.60. The highest BCUT2D eigenvalue weighted by Crippen LogP contribution is 2.29. The van der Waals surface area contributed by atoms with Crippen molar-refractivity contribution >= 4 is 20.9 Å². The smallest absolute Gasteiger partial charge is 0.253 e. The van der Waals surface area contributed by atoms with Gasteiger partial charge in [0.05, 0.1) is 12.6 Å². The highest BCUT2D eigenvalue weighted by molar-refractivity contribution is 7.89. The normalized spacial score (nSPS) is 11.9. The molecular weight excluding hydrogens is 228 g/mol. The molecule has 1 aromatic heterocycles. The zero-order valence-corrected chi connectivity index (χ0v) is 9.78. The number of aryl methyl sites for hydroxylation is 1. The van der Waals surface area contributed by atoms with E-state index >= 15 is 0 Å². The van der Waals surface area contributed by atoms with Gasteiger partial charge in [-0.15, -0.1) is 0 Å². The lowest BCUT2D eigenvalue weighted by Gasteiger charge is -2.05. The van der Waals surface area contributed by atoms with Crippen molar-refractivity contribution in [2.24, 2.45) is 12.2 Å². The summed E-state index contributed by atoms with van der Waals surface area (Å²) in [5, 5.41) is 5.98. The third-order valence-corrected chi connectivity index (χ3v) is 3.46. The number of hydrogen-bond donors (Lipinski definition) is 1. The lowest BCUT2D eigenvalue weighted by Crippen LogP contribution is -2.15. The maximum Gasteiger partial charge on any atom is 0.253 e.